The molecule has 1 heterocycles. The zero-order valence-electron chi connectivity index (χ0n) is 18.1. The predicted octanol–water partition coefficient (Wildman–Crippen LogP) is 2.54. The number of hydrogen-bond donors (Lipinski definition) is 2. The van der Waals surface area contributed by atoms with Gasteiger partial charge in [-0.1, -0.05) is 50.6 Å². The zero-order valence-corrected chi connectivity index (χ0v) is 18.1. The molecule has 2 N–H and O–H groups in total. The number of nitrogens with one attached hydrogen (secondary N) is 2. The molecule has 0 saturated carbocycles. The molecule has 0 amide bonds. The van der Waals surface area contributed by atoms with Gasteiger partial charge in [-0.15, -0.1) is 0 Å². The molecule has 152 valence electrons. The highest BCUT2D eigenvalue weighted by molar-refractivity contribution is 5.79. The van der Waals surface area contributed by atoms with Crippen LogP contribution in [-0.2, 0) is 0 Å². The quantitative estimate of drug-likeness (QED) is 0.569. The number of nitrogens with zero attached hydrogens (tertiary/aromatic N) is 3. The summed E-state index contributed by atoms with van der Waals surface area (Å²) in [5.74, 6) is 1.96. The number of aliphatic imine (C=N–C) groups is 1. The van der Waals surface area contributed by atoms with Crippen molar-refractivity contribution in [2.45, 2.75) is 39.7 Å². The number of rotatable bonds is 7. The van der Waals surface area contributed by atoms with E-state index in [2.05, 4.69) is 84.4 Å². The summed E-state index contributed by atoms with van der Waals surface area (Å²) in [6.45, 7) is 15.5. The Hall–Kier alpha value is -1.59. The average Bonchev–Trinajstić information content (AvgIpc) is 2.65. The maximum atomic E-state index is 4.43. The molecule has 0 spiro atoms. The van der Waals surface area contributed by atoms with E-state index in [4.69, 9.17) is 0 Å². The Balaban J connectivity index is 1.84. The smallest absolute Gasteiger partial charge is 0.191 e. The van der Waals surface area contributed by atoms with E-state index in [0.717, 1.165) is 45.2 Å². The molecule has 5 heteroatoms. The van der Waals surface area contributed by atoms with Crippen molar-refractivity contribution in [3.8, 4) is 0 Å². The molecule has 2 unspecified atom stereocenters. The van der Waals surface area contributed by atoms with Gasteiger partial charge in [-0.05, 0) is 31.4 Å². The number of aryl methyl sites for hydroxylation is 1. The zero-order chi connectivity index (χ0) is 19.8. The van der Waals surface area contributed by atoms with Crippen molar-refractivity contribution in [1.29, 1.82) is 0 Å². The van der Waals surface area contributed by atoms with E-state index < -0.39 is 0 Å². The van der Waals surface area contributed by atoms with E-state index in [1.54, 1.807) is 0 Å². The molecule has 0 aromatic heterocycles. The summed E-state index contributed by atoms with van der Waals surface area (Å²) in [4.78, 5) is 9.46. The molecular formula is C22H39N5. The van der Waals surface area contributed by atoms with Crippen LogP contribution in [0.4, 0.5) is 0 Å². The summed E-state index contributed by atoms with van der Waals surface area (Å²) in [6.07, 6.45) is 0. The molecule has 2 rings (SSSR count). The normalized spacial score (nSPS) is 19.1. The molecule has 1 aromatic rings. The molecule has 1 aliphatic rings. The van der Waals surface area contributed by atoms with Crippen LogP contribution in [0.3, 0.4) is 0 Å². The summed E-state index contributed by atoms with van der Waals surface area (Å²) in [6, 6.07) is 9.29. The number of benzene rings is 1. The van der Waals surface area contributed by atoms with Crippen molar-refractivity contribution in [3.05, 3.63) is 35.4 Å². The molecule has 5 nitrogen and oxygen atoms in total. The van der Waals surface area contributed by atoms with Crippen LogP contribution < -0.4 is 10.6 Å². The molecule has 1 fully saturated rings. The van der Waals surface area contributed by atoms with E-state index >= 15 is 0 Å². The second-order valence-electron chi connectivity index (χ2n) is 8.30. The van der Waals surface area contributed by atoms with Crippen LogP contribution in [0.1, 0.15) is 37.8 Å². The van der Waals surface area contributed by atoms with Gasteiger partial charge in [-0.25, -0.2) is 0 Å². The summed E-state index contributed by atoms with van der Waals surface area (Å²) in [5.41, 5.74) is 2.68. The van der Waals surface area contributed by atoms with Gasteiger partial charge in [0.15, 0.2) is 5.96 Å². The third kappa shape index (κ3) is 6.82. The van der Waals surface area contributed by atoms with Gasteiger partial charge in [0.25, 0.3) is 0 Å². The monoisotopic (exact) mass is 373 g/mol. The lowest BCUT2D eigenvalue weighted by molar-refractivity contribution is 0.0900. The van der Waals surface area contributed by atoms with Crippen LogP contribution >= 0.6 is 0 Å². The fourth-order valence-electron chi connectivity index (χ4n) is 3.71. The fraction of sp³-hybridized carbons (Fsp3) is 0.682. The van der Waals surface area contributed by atoms with Gasteiger partial charge >= 0.3 is 0 Å². The van der Waals surface area contributed by atoms with E-state index in [1.807, 2.05) is 7.05 Å². The van der Waals surface area contributed by atoms with Gasteiger partial charge in [0, 0.05) is 52.4 Å². The largest absolute Gasteiger partial charge is 0.356 e. The van der Waals surface area contributed by atoms with E-state index in [-0.39, 0.29) is 0 Å². The molecule has 2 atom stereocenters. The molecule has 0 radical (unpaired) electrons. The predicted molar refractivity (Wildman–Crippen MR) is 117 cm³/mol. The van der Waals surface area contributed by atoms with E-state index in [9.17, 15) is 0 Å². The lowest BCUT2D eigenvalue weighted by atomic mass is 9.99. The highest BCUT2D eigenvalue weighted by Crippen LogP contribution is 2.15. The average molecular weight is 374 g/mol. The third-order valence-electron chi connectivity index (χ3n) is 5.67. The van der Waals surface area contributed by atoms with Crippen molar-refractivity contribution in [3.63, 3.8) is 0 Å². The Morgan fingerprint density at radius 2 is 1.74 bits per heavy atom. The van der Waals surface area contributed by atoms with Gasteiger partial charge in [0.05, 0.1) is 0 Å². The molecular weight excluding hydrogens is 334 g/mol. The summed E-state index contributed by atoms with van der Waals surface area (Å²) in [7, 11) is 4.06. The fourth-order valence-corrected chi connectivity index (χ4v) is 3.71. The maximum absolute atomic E-state index is 4.43. The first-order chi connectivity index (χ1) is 12.9. The summed E-state index contributed by atoms with van der Waals surface area (Å²) >= 11 is 0. The van der Waals surface area contributed by atoms with Crippen LogP contribution in [0.25, 0.3) is 0 Å². The Labute approximate surface area is 166 Å². The summed E-state index contributed by atoms with van der Waals surface area (Å²) in [5, 5.41) is 7.06. The Morgan fingerprint density at radius 3 is 2.33 bits per heavy atom. The Bertz CT molecular complexity index is 590. The van der Waals surface area contributed by atoms with Crippen LogP contribution in [0.2, 0.25) is 0 Å². The second kappa shape index (κ2) is 10.7. The maximum Gasteiger partial charge on any atom is 0.191 e. The SMILES string of the molecule is CN=C(NCC(C)c1cccc(C)c1)NCC(C(C)C)N1CCN(C)CC1. The minimum atomic E-state index is 0.446. The summed E-state index contributed by atoms with van der Waals surface area (Å²) < 4.78 is 0. The van der Waals surface area contributed by atoms with Crippen molar-refractivity contribution < 1.29 is 0 Å². The molecule has 1 aliphatic heterocycles. The first-order valence-corrected chi connectivity index (χ1v) is 10.3. The minimum Gasteiger partial charge on any atom is -0.356 e. The Kier molecular flexibility index (Phi) is 8.58. The standard InChI is InChI=1S/C22H39N5/c1-17(2)21(27-12-10-26(6)11-13-27)16-25-22(23-5)24-15-19(4)20-9-7-8-18(3)14-20/h7-9,14,17,19,21H,10-13,15-16H2,1-6H3,(H2,23,24,25). The number of guanidine groups is 1. The van der Waals surface area contributed by atoms with Gasteiger partial charge < -0.3 is 15.5 Å². The van der Waals surface area contributed by atoms with Crippen molar-refractivity contribution in [1.82, 2.24) is 20.4 Å². The first-order valence-electron chi connectivity index (χ1n) is 10.3. The van der Waals surface area contributed by atoms with Gasteiger partial charge in [-0.3, -0.25) is 9.89 Å². The molecule has 0 aliphatic carbocycles. The highest BCUT2D eigenvalue weighted by Gasteiger charge is 2.25. The van der Waals surface area contributed by atoms with Crippen LogP contribution in [0, 0.1) is 12.8 Å². The first kappa shape index (κ1) is 21.7. The van der Waals surface area contributed by atoms with Crippen LogP contribution in [0.15, 0.2) is 29.3 Å². The number of likely N-dealkylation sites (N-methyl/N-ethyl adjacent to an activating group) is 1. The van der Waals surface area contributed by atoms with Crippen LogP contribution in [-0.4, -0.2) is 75.2 Å². The van der Waals surface area contributed by atoms with Crippen molar-refractivity contribution >= 4 is 5.96 Å². The van der Waals surface area contributed by atoms with E-state index in [0.29, 0.717) is 17.9 Å². The second-order valence-corrected chi connectivity index (χ2v) is 8.30. The van der Waals surface area contributed by atoms with Gasteiger partial charge in [0.2, 0.25) is 0 Å². The lowest BCUT2D eigenvalue weighted by Crippen LogP contribution is -2.55. The minimum absolute atomic E-state index is 0.446. The van der Waals surface area contributed by atoms with Gasteiger partial charge in [-0.2, -0.15) is 0 Å². The van der Waals surface area contributed by atoms with Crippen LogP contribution in [0.5, 0.6) is 0 Å². The third-order valence-corrected chi connectivity index (χ3v) is 5.67. The van der Waals surface area contributed by atoms with Crippen molar-refractivity contribution in [2.24, 2.45) is 10.9 Å². The van der Waals surface area contributed by atoms with Crippen molar-refractivity contribution in [2.75, 3.05) is 53.4 Å². The molecule has 1 aromatic carbocycles. The number of hydrogen-bond acceptors (Lipinski definition) is 3. The lowest BCUT2D eigenvalue weighted by Gasteiger charge is -2.40. The number of piperazine rings is 1. The highest BCUT2D eigenvalue weighted by atomic mass is 15.3. The topological polar surface area (TPSA) is 42.9 Å². The van der Waals surface area contributed by atoms with Gasteiger partial charge in [0.1, 0.15) is 0 Å². The Morgan fingerprint density at radius 1 is 1.07 bits per heavy atom. The molecule has 1 saturated heterocycles. The molecule has 0 bridgehead atoms. The molecule has 27 heavy (non-hydrogen) atoms. The van der Waals surface area contributed by atoms with E-state index in [1.165, 1.54) is 11.1 Å².